The molecule has 1 fully saturated rings. The Morgan fingerprint density at radius 3 is 2.63 bits per heavy atom. The molecule has 1 aliphatic rings. The van der Waals surface area contributed by atoms with E-state index in [0.717, 1.165) is 0 Å². The lowest BCUT2D eigenvalue weighted by atomic mass is 10.0. The van der Waals surface area contributed by atoms with Gasteiger partial charge in [-0.05, 0) is 12.1 Å². The molecule has 19 heavy (non-hydrogen) atoms. The van der Waals surface area contributed by atoms with E-state index in [-0.39, 0.29) is 24.5 Å². The predicted octanol–water partition coefficient (Wildman–Crippen LogP) is 0.564. The highest BCUT2D eigenvalue weighted by atomic mass is 16.5. The molecule has 1 saturated heterocycles. The molecule has 0 radical (unpaired) electrons. The number of aromatic hydroxyl groups is 1. The lowest BCUT2D eigenvalue weighted by Gasteiger charge is -2.26. The standard InChI is InChI=1S/C13H15NO5/c1-14(10-7-19-6-9(10)13(17)18)12(16)8-4-2-3-5-11(8)15/h2-5,9-10,15H,6-7H2,1H3,(H,17,18). The lowest BCUT2D eigenvalue weighted by Crippen LogP contribution is -2.44. The number of para-hydroxylation sites is 1. The molecule has 0 spiro atoms. The summed E-state index contributed by atoms with van der Waals surface area (Å²) in [4.78, 5) is 24.6. The molecule has 1 aliphatic heterocycles. The van der Waals surface area contributed by atoms with Crippen molar-refractivity contribution < 1.29 is 24.5 Å². The van der Waals surface area contributed by atoms with Crippen molar-refractivity contribution in [2.24, 2.45) is 5.92 Å². The maximum atomic E-state index is 12.2. The number of nitrogens with zero attached hydrogens (tertiary/aromatic N) is 1. The minimum Gasteiger partial charge on any atom is -0.507 e. The van der Waals surface area contributed by atoms with Crippen molar-refractivity contribution in [3.8, 4) is 5.75 Å². The summed E-state index contributed by atoms with van der Waals surface area (Å²) in [5.74, 6) is -2.26. The van der Waals surface area contributed by atoms with Gasteiger partial charge in [-0.15, -0.1) is 0 Å². The van der Waals surface area contributed by atoms with E-state index in [4.69, 9.17) is 9.84 Å². The van der Waals surface area contributed by atoms with Crippen molar-refractivity contribution in [2.75, 3.05) is 20.3 Å². The third-order valence-electron chi connectivity index (χ3n) is 3.32. The van der Waals surface area contributed by atoms with Crippen LogP contribution >= 0.6 is 0 Å². The summed E-state index contributed by atoms with van der Waals surface area (Å²) in [6.07, 6.45) is 0. The van der Waals surface area contributed by atoms with Gasteiger partial charge in [-0.3, -0.25) is 9.59 Å². The molecular formula is C13H15NO5. The average molecular weight is 265 g/mol. The Kier molecular flexibility index (Phi) is 3.71. The highest BCUT2D eigenvalue weighted by molar-refractivity contribution is 5.97. The molecular weight excluding hydrogens is 250 g/mol. The summed E-state index contributed by atoms with van der Waals surface area (Å²) >= 11 is 0. The first-order chi connectivity index (χ1) is 9.02. The van der Waals surface area contributed by atoms with E-state index < -0.39 is 23.8 Å². The molecule has 1 aromatic carbocycles. The smallest absolute Gasteiger partial charge is 0.311 e. The van der Waals surface area contributed by atoms with Crippen molar-refractivity contribution in [1.29, 1.82) is 0 Å². The number of ether oxygens (including phenoxy) is 1. The monoisotopic (exact) mass is 265 g/mol. The van der Waals surface area contributed by atoms with Gasteiger partial charge >= 0.3 is 5.97 Å². The molecule has 1 heterocycles. The van der Waals surface area contributed by atoms with Crippen LogP contribution in [0, 0.1) is 5.92 Å². The quantitative estimate of drug-likeness (QED) is 0.834. The SMILES string of the molecule is CN(C(=O)c1ccccc1O)C1COCC1C(=O)O. The molecule has 2 rings (SSSR count). The third kappa shape index (κ3) is 2.53. The van der Waals surface area contributed by atoms with Crippen LogP contribution in [0.15, 0.2) is 24.3 Å². The summed E-state index contributed by atoms with van der Waals surface area (Å²) in [6.45, 7) is 0.283. The summed E-state index contributed by atoms with van der Waals surface area (Å²) in [5.41, 5.74) is 0.154. The fourth-order valence-electron chi connectivity index (χ4n) is 2.16. The minimum atomic E-state index is -0.987. The lowest BCUT2D eigenvalue weighted by molar-refractivity contribution is -0.142. The van der Waals surface area contributed by atoms with Gasteiger partial charge in [0.05, 0.1) is 24.8 Å². The Balaban J connectivity index is 2.20. The number of hydrogen-bond donors (Lipinski definition) is 2. The number of phenols is 1. The van der Waals surface area contributed by atoms with Gasteiger partial charge in [-0.25, -0.2) is 0 Å². The first-order valence-electron chi connectivity index (χ1n) is 5.88. The van der Waals surface area contributed by atoms with Crippen LogP contribution in [0.1, 0.15) is 10.4 Å². The van der Waals surface area contributed by atoms with E-state index in [1.165, 1.54) is 24.1 Å². The number of carbonyl (C=O) groups excluding carboxylic acids is 1. The van der Waals surface area contributed by atoms with Gasteiger partial charge in [0.1, 0.15) is 11.7 Å². The number of hydrogen-bond acceptors (Lipinski definition) is 4. The second kappa shape index (κ2) is 5.27. The third-order valence-corrected chi connectivity index (χ3v) is 3.32. The van der Waals surface area contributed by atoms with Crippen molar-refractivity contribution in [3.05, 3.63) is 29.8 Å². The molecule has 2 atom stereocenters. The number of amides is 1. The van der Waals surface area contributed by atoms with E-state index in [0.29, 0.717) is 0 Å². The average Bonchev–Trinajstić information content (AvgIpc) is 2.87. The van der Waals surface area contributed by atoms with Gasteiger partial charge < -0.3 is 19.8 Å². The number of carboxylic acids is 1. The molecule has 6 nitrogen and oxygen atoms in total. The molecule has 0 aliphatic carbocycles. The molecule has 6 heteroatoms. The number of aliphatic carboxylic acids is 1. The first kappa shape index (κ1) is 13.4. The molecule has 0 bridgehead atoms. The van der Waals surface area contributed by atoms with Crippen LogP contribution in [0.2, 0.25) is 0 Å². The van der Waals surface area contributed by atoms with Crippen molar-refractivity contribution >= 4 is 11.9 Å². The first-order valence-corrected chi connectivity index (χ1v) is 5.88. The zero-order valence-corrected chi connectivity index (χ0v) is 10.4. The number of phenolic OH excluding ortho intramolecular Hbond substituents is 1. The summed E-state index contributed by atoms with van der Waals surface area (Å²) in [7, 11) is 1.52. The Morgan fingerprint density at radius 2 is 2.00 bits per heavy atom. The number of rotatable bonds is 3. The van der Waals surface area contributed by atoms with Crippen LogP contribution in [-0.2, 0) is 9.53 Å². The summed E-state index contributed by atoms with van der Waals surface area (Å²) in [6, 6.07) is 5.65. The Hall–Kier alpha value is -2.08. The van der Waals surface area contributed by atoms with Crippen molar-refractivity contribution in [1.82, 2.24) is 4.90 Å². The largest absolute Gasteiger partial charge is 0.507 e. The van der Waals surface area contributed by atoms with Crippen molar-refractivity contribution in [3.63, 3.8) is 0 Å². The molecule has 1 aromatic rings. The number of likely N-dealkylation sites (N-methyl/N-ethyl adjacent to an activating group) is 1. The maximum Gasteiger partial charge on any atom is 0.311 e. The molecule has 2 unspecified atom stereocenters. The minimum absolute atomic E-state index is 0.0956. The van der Waals surface area contributed by atoms with Crippen LogP contribution in [0.25, 0.3) is 0 Å². The summed E-state index contributed by atoms with van der Waals surface area (Å²) < 4.78 is 5.13. The normalized spacial score (nSPS) is 22.2. The highest BCUT2D eigenvalue weighted by Gasteiger charge is 2.38. The van der Waals surface area contributed by atoms with Crippen molar-refractivity contribution in [2.45, 2.75) is 6.04 Å². The molecule has 2 N–H and O–H groups in total. The Labute approximate surface area is 110 Å². The molecule has 1 amide bonds. The Bertz CT molecular complexity index is 502. The van der Waals surface area contributed by atoms with Crippen LogP contribution < -0.4 is 0 Å². The van der Waals surface area contributed by atoms with Gasteiger partial charge in [0.25, 0.3) is 5.91 Å². The predicted molar refractivity (Wildman–Crippen MR) is 65.9 cm³/mol. The van der Waals surface area contributed by atoms with Gasteiger partial charge in [0.2, 0.25) is 0 Å². The van der Waals surface area contributed by atoms with Gasteiger partial charge in [-0.1, -0.05) is 12.1 Å². The van der Waals surface area contributed by atoms with Gasteiger partial charge in [0, 0.05) is 7.05 Å². The fourth-order valence-corrected chi connectivity index (χ4v) is 2.16. The van der Waals surface area contributed by atoms with E-state index in [2.05, 4.69) is 0 Å². The van der Waals surface area contributed by atoms with Gasteiger partial charge in [-0.2, -0.15) is 0 Å². The highest BCUT2D eigenvalue weighted by Crippen LogP contribution is 2.23. The van der Waals surface area contributed by atoms with E-state index >= 15 is 0 Å². The van der Waals surface area contributed by atoms with E-state index in [1.807, 2.05) is 0 Å². The van der Waals surface area contributed by atoms with E-state index in [1.54, 1.807) is 12.1 Å². The molecule has 0 aromatic heterocycles. The number of carboxylic acid groups (broad SMARTS) is 1. The zero-order valence-electron chi connectivity index (χ0n) is 10.4. The van der Waals surface area contributed by atoms with E-state index in [9.17, 15) is 14.7 Å². The second-order valence-electron chi connectivity index (χ2n) is 4.48. The molecule has 0 saturated carbocycles. The zero-order chi connectivity index (χ0) is 14.0. The fraction of sp³-hybridized carbons (Fsp3) is 0.385. The van der Waals surface area contributed by atoms with Crippen LogP contribution in [0.4, 0.5) is 0 Å². The maximum absolute atomic E-state index is 12.2. The number of carbonyl (C=O) groups is 2. The Morgan fingerprint density at radius 1 is 1.32 bits per heavy atom. The van der Waals surface area contributed by atoms with Crippen LogP contribution in [0.5, 0.6) is 5.75 Å². The van der Waals surface area contributed by atoms with Gasteiger partial charge in [0.15, 0.2) is 0 Å². The number of benzene rings is 1. The second-order valence-corrected chi connectivity index (χ2v) is 4.48. The van der Waals surface area contributed by atoms with Crippen LogP contribution in [-0.4, -0.2) is 53.3 Å². The van der Waals surface area contributed by atoms with Crippen LogP contribution in [0.3, 0.4) is 0 Å². The topological polar surface area (TPSA) is 87.1 Å². The molecule has 102 valence electrons. The summed E-state index contributed by atoms with van der Waals surface area (Å²) in [5, 5.41) is 18.7.